The number of benzene rings is 2. The van der Waals surface area contributed by atoms with Crippen LogP contribution in [0.15, 0.2) is 45.8 Å². The molecule has 0 heterocycles. The second-order valence-electron chi connectivity index (χ2n) is 5.26. The van der Waals surface area contributed by atoms with Gasteiger partial charge in [-0.05, 0) is 70.4 Å². The van der Waals surface area contributed by atoms with E-state index < -0.39 is 13.8 Å². The van der Waals surface area contributed by atoms with Crippen molar-refractivity contribution >= 4 is 58.5 Å². The minimum Gasteiger partial charge on any atom is -0.420 e. The van der Waals surface area contributed by atoms with Crippen LogP contribution in [0.1, 0.15) is 12.0 Å². The van der Waals surface area contributed by atoms with Crippen molar-refractivity contribution in [3.05, 3.63) is 56.5 Å². The molecule has 2 aromatic carbocycles. The van der Waals surface area contributed by atoms with Crippen molar-refractivity contribution in [2.45, 2.75) is 23.9 Å². The minimum absolute atomic E-state index is 0.0946. The maximum atomic E-state index is 12.4. The van der Waals surface area contributed by atoms with Gasteiger partial charge in [-0.15, -0.1) is 11.8 Å². The number of rotatable bonds is 8. The minimum atomic E-state index is -4.98. The fourth-order valence-corrected chi connectivity index (χ4v) is 4.79. The summed E-state index contributed by atoms with van der Waals surface area (Å²) in [7, 11) is -4.98. The monoisotopic (exact) mass is 504 g/mol. The van der Waals surface area contributed by atoms with E-state index in [1.54, 1.807) is 30.0 Å². The molecule has 0 bridgehead atoms. The predicted octanol–water partition coefficient (Wildman–Crippen LogP) is 7.27. The third-order valence-electron chi connectivity index (χ3n) is 3.19. The molecule has 10 heteroatoms. The van der Waals surface area contributed by atoms with Crippen molar-refractivity contribution in [3.63, 3.8) is 0 Å². The zero-order chi connectivity index (χ0) is 19.3. The van der Waals surface area contributed by atoms with Gasteiger partial charge < -0.3 is 9.42 Å². The summed E-state index contributed by atoms with van der Waals surface area (Å²) in [6, 6.07) is 10.1. The Morgan fingerprint density at radius 3 is 2.42 bits per heavy atom. The van der Waals surface area contributed by atoms with Gasteiger partial charge in [0.05, 0.1) is 4.47 Å². The molecule has 1 atom stereocenters. The number of hydrogen-bond donors (Lipinski definition) is 1. The topological polar surface area (TPSA) is 46.5 Å². The summed E-state index contributed by atoms with van der Waals surface area (Å²) < 4.78 is 41.0. The fraction of sp³-hybridized carbons (Fsp3) is 0.250. The zero-order valence-corrected chi connectivity index (χ0v) is 18.0. The first-order chi connectivity index (χ1) is 12.2. The molecular weight excluding hydrogens is 492 g/mol. The summed E-state index contributed by atoms with van der Waals surface area (Å²) in [4.78, 5) is 10.1. The van der Waals surface area contributed by atoms with E-state index >= 15 is 0 Å². The van der Waals surface area contributed by atoms with Crippen LogP contribution in [0, 0.1) is 0 Å². The van der Waals surface area contributed by atoms with Crippen LogP contribution in [-0.4, -0.2) is 16.8 Å². The average Bonchev–Trinajstić information content (AvgIpc) is 2.53. The van der Waals surface area contributed by atoms with Crippen LogP contribution in [0.3, 0.4) is 0 Å². The van der Waals surface area contributed by atoms with Gasteiger partial charge >= 0.3 is 13.8 Å². The Morgan fingerprint density at radius 1 is 1.19 bits per heavy atom. The first kappa shape index (κ1) is 22.0. The molecule has 0 saturated heterocycles. The van der Waals surface area contributed by atoms with E-state index in [0.717, 1.165) is 29.1 Å². The smallest absolute Gasteiger partial charge is 0.420 e. The molecule has 2 rings (SSSR count). The predicted molar refractivity (Wildman–Crippen MR) is 106 cm³/mol. The van der Waals surface area contributed by atoms with Crippen molar-refractivity contribution in [2.75, 3.05) is 5.75 Å². The lowest BCUT2D eigenvalue weighted by atomic mass is 10.1. The van der Waals surface area contributed by atoms with Crippen LogP contribution >= 0.6 is 58.5 Å². The molecule has 0 aromatic heterocycles. The second-order valence-corrected chi connectivity index (χ2v) is 9.85. The average molecular weight is 506 g/mol. The maximum absolute atomic E-state index is 12.4. The third-order valence-corrected chi connectivity index (χ3v) is 6.26. The summed E-state index contributed by atoms with van der Waals surface area (Å²) >= 11 is 16.7. The van der Waals surface area contributed by atoms with Crippen LogP contribution in [0.2, 0.25) is 10.0 Å². The van der Waals surface area contributed by atoms with E-state index in [2.05, 4.69) is 20.5 Å². The SMILES string of the molecule is O=P(O)(Oc1ccc(CCCSc2cc(Cl)cc(Cl)c2)cc1Br)C(F)F. The molecule has 0 spiro atoms. The molecule has 0 aliphatic carbocycles. The Balaban J connectivity index is 1.88. The molecule has 2 aromatic rings. The molecule has 0 saturated carbocycles. The molecule has 1 unspecified atom stereocenters. The Bertz CT molecular complexity index is 806. The van der Waals surface area contributed by atoms with Crippen LogP contribution in [0.4, 0.5) is 8.78 Å². The van der Waals surface area contributed by atoms with Crippen LogP contribution in [-0.2, 0) is 11.0 Å². The van der Waals surface area contributed by atoms with E-state index in [9.17, 15) is 13.3 Å². The summed E-state index contributed by atoms with van der Waals surface area (Å²) in [5.74, 6) is 0.742. The molecule has 3 nitrogen and oxygen atoms in total. The van der Waals surface area contributed by atoms with E-state index in [1.165, 1.54) is 6.07 Å². The van der Waals surface area contributed by atoms with Crippen molar-refractivity contribution in [1.82, 2.24) is 0 Å². The third kappa shape index (κ3) is 6.70. The fourth-order valence-electron chi connectivity index (χ4n) is 2.03. The van der Waals surface area contributed by atoms with E-state index in [4.69, 9.17) is 28.1 Å². The van der Waals surface area contributed by atoms with Gasteiger partial charge in [0.25, 0.3) is 0 Å². The largest absolute Gasteiger partial charge is 0.442 e. The molecule has 142 valence electrons. The first-order valence-corrected chi connectivity index (χ1v) is 11.5. The highest BCUT2D eigenvalue weighted by molar-refractivity contribution is 9.10. The van der Waals surface area contributed by atoms with Gasteiger partial charge in [-0.2, -0.15) is 8.78 Å². The lowest BCUT2D eigenvalue weighted by molar-refractivity contribution is 0.188. The van der Waals surface area contributed by atoms with Crippen LogP contribution in [0.25, 0.3) is 0 Å². The Kier molecular flexibility index (Phi) is 8.26. The summed E-state index contributed by atoms with van der Waals surface area (Å²) in [5, 5.41) is 1.17. The molecular formula is C16H14BrCl2F2O3PS. The molecule has 0 radical (unpaired) electrons. The molecule has 0 fully saturated rings. The quantitative estimate of drug-likeness (QED) is 0.233. The normalized spacial score (nSPS) is 13.7. The second kappa shape index (κ2) is 9.76. The number of alkyl halides is 2. The lowest BCUT2D eigenvalue weighted by Gasteiger charge is -2.14. The number of aryl methyl sites for hydroxylation is 1. The van der Waals surface area contributed by atoms with Gasteiger partial charge in [-0.25, -0.2) is 4.57 Å². The van der Waals surface area contributed by atoms with Crippen molar-refractivity contribution in [1.29, 1.82) is 0 Å². The lowest BCUT2D eigenvalue weighted by Crippen LogP contribution is -2.01. The van der Waals surface area contributed by atoms with E-state index in [0.29, 0.717) is 14.5 Å². The zero-order valence-electron chi connectivity index (χ0n) is 13.2. The Labute approximate surface area is 172 Å². The molecule has 0 aliphatic heterocycles. The van der Waals surface area contributed by atoms with E-state index in [1.807, 2.05) is 12.1 Å². The van der Waals surface area contributed by atoms with Gasteiger partial charge in [0.15, 0.2) is 0 Å². The van der Waals surface area contributed by atoms with Crippen molar-refractivity contribution in [2.24, 2.45) is 0 Å². The Hall–Kier alpha value is -0.300. The van der Waals surface area contributed by atoms with Gasteiger partial charge in [-0.1, -0.05) is 29.3 Å². The molecule has 26 heavy (non-hydrogen) atoms. The summed E-state index contributed by atoms with van der Waals surface area (Å²) in [6.45, 7) is 0. The van der Waals surface area contributed by atoms with Gasteiger partial charge in [0, 0.05) is 14.9 Å². The van der Waals surface area contributed by atoms with E-state index in [-0.39, 0.29) is 5.75 Å². The summed E-state index contributed by atoms with van der Waals surface area (Å²) in [6.07, 6.45) is -1.85. The van der Waals surface area contributed by atoms with Crippen molar-refractivity contribution < 1.29 is 22.8 Å². The molecule has 1 N–H and O–H groups in total. The van der Waals surface area contributed by atoms with Crippen molar-refractivity contribution in [3.8, 4) is 5.75 Å². The Morgan fingerprint density at radius 2 is 1.85 bits per heavy atom. The standard InChI is InChI=1S/C16H14BrCl2F2O3PS/c17-14-6-10(3-4-15(14)24-25(22,23)16(20)21)2-1-5-26-13-8-11(18)7-12(19)9-13/h3-4,6-9,16H,1-2,5H2,(H,22,23). The number of thioether (sulfide) groups is 1. The molecule has 0 aliphatic rings. The van der Waals surface area contributed by atoms with Crippen LogP contribution < -0.4 is 4.52 Å². The van der Waals surface area contributed by atoms with Gasteiger partial charge in [-0.3, -0.25) is 0 Å². The van der Waals surface area contributed by atoms with Gasteiger partial charge in [0.2, 0.25) is 0 Å². The summed E-state index contributed by atoms with van der Waals surface area (Å²) in [5.41, 5.74) is 0.943. The highest BCUT2D eigenvalue weighted by Gasteiger charge is 2.34. The number of halogens is 5. The maximum Gasteiger partial charge on any atom is 0.442 e. The first-order valence-electron chi connectivity index (χ1n) is 7.35. The van der Waals surface area contributed by atoms with Gasteiger partial charge in [0.1, 0.15) is 5.75 Å². The van der Waals surface area contributed by atoms with Crippen LogP contribution in [0.5, 0.6) is 5.75 Å². The highest BCUT2D eigenvalue weighted by atomic mass is 79.9. The number of hydrogen-bond acceptors (Lipinski definition) is 3. The highest BCUT2D eigenvalue weighted by Crippen LogP contribution is 2.50. The molecule has 0 amide bonds.